The van der Waals surface area contributed by atoms with Crippen molar-refractivity contribution in [2.45, 2.75) is 25.0 Å². The molecule has 0 radical (unpaired) electrons. The number of aromatic nitrogens is 3. The summed E-state index contributed by atoms with van der Waals surface area (Å²) in [6.45, 7) is 3.88. The van der Waals surface area contributed by atoms with Crippen LogP contribution < -0.4 is 10.9 Å². The van der Waals surface area contributed by atoms with E-state index < -0.39 is 0 Å². The van der Waals surface area contributed by atoms with E-state index >= 15 is 0 Å². The molecular formula is C24H23ClN4O2S. The smallest absolute Gasteiger partial charge is 0.278 e. The first-order valence-electron chi connectivity index (χ1n) is 10.2. The number of aryl methyl sites for hydroxylation is 1. The predicted molar refractivity (Wildman–Crippen MR) is 132 cm³/mol. The Kier molecular flexibility index (Phi) is 6.39. The Labute approximate surface area is 195 Å². The number of nitrogens with zero attached hydrogens (tertiary/aromatic N) is 3. The molecule has 0 saturated carbocycles. The molecule has 0 bridgehead atoms. The quantitative estimate of drug-likeness (QED) is 0.306. The molecule has 0 saturated heterocycles. The summed E-state index contributed by atoms with van der Waals surface area (Å²) in [7, 11) is 1.86. The van der Waals surface area contributed by atoms with E-state index in [9.17, 15) is 9.59 Å². The van der Waals surface area contributed by atoms with Crippen molar-refractivity contribution in [3.8, 4) is 11.1 Å². The molecular weight excluding hydrogens is 444 g/mol. The monoisotopic (exact) mass is 466 g/mol. The molecule has 0 fully saturated rings. The maximum atomic E-state index is 13.4. The Morgan fingerprint density at radius 2 is 1.81 bits per heavy atom. The van der Waals surface area contributed by atoms with Crippen LogP contribution in [0.5, 0.6) is 0 Å². The predicted octanol–water partition coefficient (Wildman–Crippen LogP) is 5.37. The van der Waals surface area contributed by atoms with Crippen molar-refractivity contribution in [3.63, 3.8) is 0 Å². The average Bonchev–Trinajstić information content (AvgIpc) is 3.11. The lowest BCUT2D eigenvalue weighted by Crippen LogP contribution is -2.26. The highest BCUT2D eigenvalue weighted by molar-refractivity contribution is 7.99. The number of hydrogen-bond donors (Lipinski definition) is 1. The third-order valence-corrected chi connectivity index (χ3v) is 6.26. The summed E-state index contributed by atoms with van der Waals surface area (Å²) in [5, 5.41) is 3.97. The number of carbonyl (C=O) groups is 1. The zero-order chi connectivity index (χ0) is 22.8. The fraction of sp³-hybridized carbons (Fsp3) is 0.208. The van der Waals surface area contributed by atoms with Crippen LogP contribution >= 0.6 is 23.4 Å². The highest BCUT2D eigenvalue weighted by Gasteiger charge is 2.20. The molecule has 164 valence electrons. The maximum Gasteiger partial charge on any atom is 0.278 e. The Balaban J connectivity index is 1.69. The van der Waals surface area contributed by atoms with Gasteiger partial charge in [-0.05, 0) is 43.7 Å². The van der Waals surface area contributed by atoms with E-state index in [1.165, 1.54) is 11.8 Å². The van der Waals surface area contributed by atoms with Crippen molar-refractivity contribution in [1.82, 2.24) is 14.1 Å². The van der Waals surface area contributed by atoms with Crippen LogP contribution in [0.15, 0.2) is 70.7 Å². The topological polar surface area (TPSA) is 68.9 Å². The van der Waals surface area contributed by atoms with Gasteiger partial charge < -0.3 is 9.88 Å². The molecule has 1 amide bonds. The molecule has 4 rings (SSSR count). The van der Waals surface area contributed by atoms with Crippen LogP contribution in [0.1, 0.15) is 19.9 Å². The molecule has 0 spiro atoms. The van der Waals surface area contributed by atoms with Crippen molar-refractivity contribution >= 4 is 46.0 Å². The van der Waals surface area contributed by atoms with Crippen LogP contribution in [0, 0.1) is 0 Å². The van der Waals surface area contributed by atoms with Gasteiger partial charge >= 0.3 is 0 Å². The van der Waals surface area contributed by atoms with Gasteiger partial charge in [0.2, 0.25) is 5.91 Å². The molecule has 32 heavy (non-hydrogen) atoms. The van der Waals surface area contributed by atoms with E-state index in [1.807, 2.05) is 62.0 Å². The van der Waals surface area contributed by atoms with Gasteiger partial charge in [-0.3, -0.25) is 14.2 Å². The van der Waals surface area contributed by atoms with Gasteiger partial charge in [-0.25, -0.2) is 4.98 Å². The van der Waals surface area contributed by atoms with E-state index in [-0.39, 0.29) is 23.3 Å². The lowest BCUT2D eigenvalue weighted by Gasteiger charge is -2.16. The largest absolute Gasteiger partial charge is 0.344 e. The molecule has 0 atom stereocenters. The molecule has 0 aliphatic rings. The van der Waals surface area contributed by atoms with Crippen molar-refractivity contribution in [2.24, 2.45) is 7.05 Å². The molecule has 8 heteroatoms. The second-order valence-corrected chi connectivity index (χ2v) is 9.10. The van der Waals surface area contributed by atoms with E-state index in [0.717, 1.165) is 11.1 Å². The van der Waals surface area contributed by atoms with Crippen LogP contribution in [0.25, 0.3) is 22.2 Å². The number of rotatable bonds is 6. The van der Waals surface area contributed by atoms with Gasteiger partial charge in [0.15, 0.2) is 5.16 Å². The summed E-state index contributed by atoms with van der Waals surface area (Å²) in [4.78, 5) is 30.8. The fourth-order valence-corrected chi connectivity index (χ4v) is 4.62. The lowest BCUT2D eigenvalue weighted by atomic mass is 10.1. The molecule has 0 aliphatic carbocycles. The first kappa shape index (κ1) is 22.2. The average molecular weight is 467 g/mol. The molecule has 2 aromatic heterocycles. The van der Waals surface area contributed by atoms with Crippen molar-refractivity contribution < 1.29 is 4.79 Å². The second-order valence-electron chi connectivity index (χ2n) is 7.72. The minimum absolute atomic E-state index is 0.101. The molecule has 0 unspecified atom stereocenters. The van der Waals surface area contributed by atoms with Crippen LogP contribution in [0.3, 0.4) is 0 Å². The second kappa shape index (κ2) is 9.22. The normalized spacial score (nSPS) is 11.3. The molecule has 1 N–H and O–H groups in total. The summed E-state index contributed by atoms with van der Waals surface area (Å²) < 4.78 is 3.48. The van der Waals surface area contributed by atoms with Crippen LogP contribution in [-0.2, 0) is 11.8 Å². The number of carbonyl (C=O) groups excluding carboxylic acids is 1. The van der Waals surface area contributed by atoms with Crippen molar-refractivity contribution in [2.75, 3.05) is 11.1 Å². The number of fused-ring (bicyclic) bond motifs is 1. The summed E-state index contributed by atoms with van der Waals surface area (Å²) in [6, 6.07) is 16.7. The van der Waals surface area contributed by atoms with Gasteiger partial charge in [0, 0.05) is 35.6 Å². The summed E-state index contributed by atoms with van der Waals surface area (Å²) in [5.74, 6) is -0.0563. The van der Waals surface area contributed by atoms with Gasteiger partial charge in [0.25, 0.3) is 5.56 Å². The molecule has 0 aliphatic heterocycles. The first-order valence-corrected chi connectivity index (χ1v) is 11.6. The Hall–Kier alpha value is -3.03. The highest BCUT2D eigenvalue weighted by Crippen LogP contribution is 2.30. The van der Waals surface area contributed by atoms with E-state index in [4.69, 9.17) is 16.6 Å². The minimum Gasteiger partial charge on any atom is -0.344 e. The molecule has 2 aromatic carbocycles. The zero-order valence-corrected chi connectivity index (χ0v) is 19.6. The maximum absolute atomic E-state index is 13.4. The zero-order valence-electron chi connectivity index (χ0n) is 18.0. The van der Waals surface area contributed by atoms with Crippen LogP contribution in [0.4, 0.5) is 5.69 Å². The van der Waals surface area contributed by atoms with Crippen LogP contribution in [-0.4, -0.2) is 25.8 Å². The number of halogens is 1. The van der Waals surface area contributed by atoms with E-state index in [1.54, 1.807) is 28.8 Å². The third-order valence-electron chi connectivity index (χ3n) is 5.05. The van der Waals surface area contributed by atoms with Crippen molar-refractivity contribution in [3.05, 3.63) is 76.2 Å². The number of nitrogens with one attached hydrogen (secondary N) is 1. The summed E-state index contributed by atoms with van der Waals surface area (Å²) >= 11 is 7.15. The molecule has 4 aromatic rings. The molecule has 2 heterocycles. The summed E-state index contributed by atoms with van der Waals surface area (Å²) in [6.07, 6.45) is 1.93. The van der Waals surface area contributed by atoms with Gasteiger partial charge in [-0.2, -0.15) is 0 Å². The number of amides is 1. The van der Waals surface area contributed by atoms with Crippen molar-refractivity contribution in [1.29, 1.82) is 0 Å². The SMILES string of the molecule is CC(C)n1c(SCC(=O)Nc2ccc(Cl)cc2)nc2c(-c3ccccc3)cn(C)c2c1=O. The van der Waals surface area contributed by atoms with Crippen LogP contribution in [0.2, 0.25) is 5.02 Å². The van der Waals surface area contributed by atoms with E-state index in [2.05, 4.69) is 5.32 Å². The Morgan fingerprint density at radius 3 is 2.47 bits per heavy atom. The standard InChI is InChI=1S/C24H23ClN4O2S/c1-15(2)29-23(31)22-21(19(13-28(22)3)16-7-5-4-6-8-16)27-24(29)32-14-20(30)26-18-11-9-17(25)10-12-18/h4-13,15H,14H2,1-3H3,(H,26,30). The number of hydrogen-bond acceptors (Lipinski definition) is 4. The lowest BCUT2D eigenvalue weighted by molar-refractivity contribution is -0.113. The van der Waals surface area contributed by atoms with Gasteiger partial charge in [-0.15, -0.1) is 0 Å². The number of anilines is 1. The Morgan fingerprint density at radius 1 is 1.12 bits per heavy atom. The number of benzene rings is 2. The molecule has 6 nitrogen and oxygen atoms in total. The van der Waals surface area contributed by atoms with E-state index in [0.29, 0.717) is 26.9 Å². The van der Waals surface area contributed by atoms with Gasteiger partial charge in [0.1, 0.15) is 11.0 Å². The first-order chi connectivity index (χ1) is 15.3. The minimum atomic E-state index is -0.182. The fourth-order valence-electron chi connectivity index (χ4n) is 3.58. The number of thioether (sulfide) groups is 1. The third kappa shape index (κ3) is 4.45. The summed E-state index contributed by atoms with van der Waals surface area (Å²) in [5.41, 5.74) is 3.62. The Bertz CT molecular complexity index is 1330. The van der Waals surface area contributed by atoms with Gasteiger partial charge in [-0.1, -0.05) is 53.7 Å². The highest BCUT2D eigenvalue weighted by atomic mass is 35.5. The van der Waals surface area contributed by atoms with Gasteiger partial charge in [0.05, 0.1) is 5.75 Å².